The second-order valence-electron chi connectivity index (χ2n) is 8.01. The van der Waals surface area contributed by atoms with Crippen LogP contribution in [0.2, 0.25) is 0 Å². The molecular formula is C23H28N2O4S. The molecule has 2 aromatic rings. The summed E-state index contributed by atoms with van der Waals surface area (Å²) in [6.07, 6.45) is 3.83. The molecule has 2 aliphatic rings. The van der Waals surface area contributed by atoms with Crippen LogP contribution in [0.15, 0.2) is 47.4 Å². The molecule has 0 N–H and O–H groups in total. The SMILES string of the molecule is CCCN(CC1CC1)C(=O)c1cc(S(=O)(=O)N2CCc3ccccc32)ccc1OC. The minimum absolute atomic E-state index is 0.117. The molecule has 1 saturated carbocycles. The Balaban J connectivity index is 1.69. The van der Waals surface area contributed by atoms with E-state index in [2.05, 4.69) is 0 Å². The van der Waals surface area contributed by atoms with Gasteiger partial charge in [-0.15, -0.1) is 0 Å². The number of amides is 1. The Morgan fingerprint density at radius 2 is 1.97 bits per heavy atom. The van der Waals surface area contributed by atoms with Crippen molar-refractivity contribution < 1.29 is 17.9 Å². The standard InChI is InChI=1S/C23H28N2O4S/c1-3-13-24(16-17-8-9-17)23(26)20-15-19(10-11-22(20)29-2)30(27,28)25-14-12-18-6-4-5-7-21(18)25/h4-7,10-11,15,17H,3,8-9,12-14,16H2,1-2H3. The van der Waals surface area contributed by atoms with E-state index in [1.807, 2.05) is 36.1 Å². The Bertz CT molecular complexity index is 1050. The van der Waals surface area contributed by atoms with Gasteiger partial charge in [-0.3, -0.25) is 9.10 Å². The number of sulfonamides is 1. The third-order valence-corrected chi connectivity index (χ3v) is 7.60. The number of carbonyl (C=O) groups is 1. The third kappa shape index (κ3) is 3.90. The van der Waals surface area contributed by atoms with Gasteiger partial charge in [0, 0.05) is 19.6 Å². The first-order valence-corrected chi connectivity index (χ1v) is 12.0. The van der Waals surface area contributed by atoms with Gasteiger partial charge in [0.05, 0.1) is 23.3 Å². The van der Waals surface area contributed by atoms with Crippen molar-refractivity contribution in [2.24, 2.45) is 5.92 Å². The molecule has 4 rings (SSSR count). The van der Waals surface area contributed by atoms with Crippen LogP contribution in [0.25, 0.3) is 0 Å². The molecule has 1 heterocycles. The summed E-state index contributed by atoms with van der Waals surface area (Å²) in [6.45, 7) is 3.80. The van der Waals surface area contributed by atoms with Gasteiger partial charge in [0.1, 0.15) is 5.75 Å². The summed E-state index contributed by atoms with van der Waals surface area (Å²) in [6, 6.07) is 12.1. The number of ether oxygens (including phenoxy) is 1. The van der Waals surface area contributed by atoms with Gasteiger partial charge in [-0.05, 0) is 61.4 Å². The van der Waals surface area contributed by atoms with Crippen LogP contribution in [0.4, 0.5) is 5.69 Å². The lowest BCUT2D eigenvalue weighted by Crippen LogP contribution is -2.34. The number of methoxy groups -OCH3 is 1. The predicted octanol–water partition coefficient (Wildman–Crippen LogP) is 3.71. The summed E-state index contributed by atoms with van der Waals surface area (Å²) in [5.41, 5.74) is 2.03. The summed E-state index contributed by atoms with van der Waals surface area (Å²) < 4.78 is 33.7. The first-order chi connectivity index (χ1) is 14.5. The summed E-state index contributed by atoms with van der Waals surface area (Å²) in [5, 5.41) is 0. The van der Waals surface area contributed by atoms with Gasteiger partial charge >= 0.3 is 0 Å². The van der Waals surface area contributed by atoms with Gasteiger partial charge < -0.3 is 9.64 Å². The van der Waals surface area contributed by atoms with Crippen LogP contribution >= 0.6 is 0 Å². The number of carbonyl (C=O) groups excluding carboxylic acids is 1. The Kier molecular flexibility index (Phi) is 5.73. The maximum absolute atomic E-state index is 13.4. The molecule has 7 heteroatoms. The lowest BCUT2D eigenvalue weighted by Gasteiger charge is -2.24. The van der Waals surface area contributed by atoms with Gasteiger partial charge in [0.25, 0.3) is 15.9 Å². The number of fused-ring (bicyclic) bond motifs is 1. The second-order valence-corrected chi connectivity index (χ2v) is 9.87. The molecule has 2 aromatic carbocycles. The van der Waals surface area contributed by atoms with Crippen molar-refractivity contribution in [1.29, 1.82) is 0 Å². The van der Waals surface area contributed by atoms with Crippen molar-refractivity contribution in [1.82, 2.24) is 4.90 Å². The Morgan fingerprint density at radius 3 is 2.67 bits per heavy atom. The molecule has 0 saturated heterocycles. The van der Waals surface area contributed by atoms with Gasteiger partial charge in [-0.2, -0.15) is 0 Å². The molecule has 30 heavy (non-hydrogen) atoms. The molecule has 160 valence electrons. The smallest absolute Gasteiger partial charge is 0.264 e. The average molecular weight is 429 g/mol. The Hall–Kier alpha value is -2.54. The highest BCUT2D eigenvalue weighted by Gasteiger charge is 2.33. The fourth-order valence-corrected chi connectivity index (χ4v) is 5.56. The Morgan fingerprint density at radius 1 is 1.20 bits per heavy atom. The van der Waals surface area contributed by atoms with Crippen molar-refractivity contribution in [2.45, 2.75) is 37.5 Å². The molecule has 0 aromatic heterocycles. The van der Waals surface area contributed by atoms with E-state index >= 15 is 0 Å². The van der Waals surface area contributed by atoms with E-state index in [-0.39, 0.29) is 10.8 Å². The van der Waals surface area contributed by atoms with Crippen molar-refractivity contribution in [3.8, 4) is 5.75 Å². The number of hydrogen-bond donors (Lipinski definition) is 0. The van der Waals surface area contributed by atoms with Crippen LogP contribution in [0.5, 0.6) is 5.75 Å². The fourth-order valence-electron chi connectivity index (χ4n) is 4.03. The van der Waals surface area contributed by atoms with Crippen LogP contribution in [0, 0.1) is 5.92 Å². The van der Waals surface area contributed by atoms with Crippen LogP contribution in [-0.2, 0) is 16.4 Å². The molecule has 1 aliphatic carbocycles. The lowest BCUT2D eigenvalue weighted by molar-refractivity contribution is 0.0744. The summed E-state index contributed by atoms with van der Waals surface area (Å²) in [4.78, 5) is 15.3. The first-order valence-electron chi connectivity index (χ1n) is 10.5. The molecule has 1 amide bonds. The molecule has 0 radical (unpaired) electrons. The molecule has 0 spiro atoms. The number of rotatable bonds is 8. The fraction of sp³-hybridized carbons (Fsp3) is 0.435. The number of hydrogen-bond acceptors (Lipinski definition) is 4. The zero-order valence-electron chi connectivity index (χ0n) is 17.5. The highest BCUT2D eigenvalue weighted by molar-refractivity contribution is 7.92. The summed E-state index contributed by atoms with van der Waals surface area (Å²) in [5.74, 6) is 0.789. The van der Waals surface area contributed by atoms with Gasteiger partial charge in [0.2, 0.25) is 0 Å². The third-order valence-electron chi connectivity index (χ3n) is 5.79. The predicted molar refractivity (Wildman–Crippen MR) is 117 cm³/mol. The molecule has 0 atom stereocenters. The number of anilines is 1. The maximum Gasteiger partial charge on any atom is 0.264 e. The number of para-hydroxylation sites is 1. The zero-order valence-corrected chi connectivity index (χ0v) is 18.3. The van der Waals surface area contributed by atoms with E-state index in [4.69, 9.17) is 4.74 Å². The maximum atomic E-state index is 13.4. The average Bonchev–Trinajstić information content (AvgIpc) is 3.46. The number of benzene rings is 2. The van der Waals surface area contributed by atoms with Gasteiger partial charge in [-0.1, -0.05) is 25.1 Å². The normalized spacial score (nSPS) is 15.7. The summed E-state index contributed by atoms with van der Waals surface area (Å²) >= 11 is 0. The quantitative estimate of drug-likeness (QED) is 0.643. The van der Waals surface area contributed by atoms with Crippen LogP contribution < -0.4 is 9.04 Å². The van der Waals surface area contributed by atoms with Crippen molar-refractivity contribution in [3.63, 3.8) is 0 Å². The zero-order chi connectivity index (χ0) is 21.3. The molecule has 0 unspecified atom stereocenters. The molecule has 6 nitrogen and oxygen atoms in total. The van der Waals surface area contributed by atoms with E-state index in [1.54, 1.807) is 6.07 Å². The molecule has 0 bridgehead atoms. The van der Waals surface area contributed by atoms with Crippen molar-refractivity contribution in [2.75, 3.05) is 31.0 Å². The van der Waals surface area contributed by atoms with E-state index < -0.39 is 10.0 Å². The van der Waals surface area contributed by atoms with Gasteiger partial charge in [0.15, 0.2) is 0 Å². The van der Waals surface area contributed by atoms with Crippen molar-refractivity contribution >= 4 is 21.6 Å². The van der Waals surface area contributed by atoms with Crippen LogP contribution in [0.3, 0.4) is 0 Å². The summed E-state index contributed by atoms with van der Waals surface area (Å²) in [7, 11) is -2.27. The molecule has 1 aliphatic heterocycles. The molecular weight excluding hydrogens is 400 g/mol. The van der Waals surface area contributed by atoms with Crippen molar-refractivity contribution in [3.05, 3.63) is 53.6 Å². The lowest BCUT2D eigenvalue weighted by atomic mass is 10.1. The first kappa shape index (κ1) is 20.7. The number of nitrogens with zero attached hydrogens (tertiary/aromatic N) is 2. The minimum atomic E-state index is -3.77. The van der Waals surface area contributed by atoms with Crippen LogP contribution in [-0.4, -0.2) is 46.0 Å². The highest BCUT2D eigenvalue weighted by Crippen LogP contribution is 2.35. The van der Waals surface area contributed by atoms with E-state index in [1.165, 1.54) is 23.5 Å². The minimum Gasteiger partial charge on any atom is -0.496 e. The monoisotopic (exact) mass is 428 g/mol. The van der Waals surface area contributed by atoms with E-state index in [0.29, 0.717) is 49.0 Å². The highest BCUT2D eigenvalue weighted by atomic mass is 32.2. The Labute approximate surface area is 178 Å². The van der Waals surface area contributed by atoms with Crippen LogP contribution in [0.1, 0.15) is 42.1 Å². The van der Waals surface area contributed by atoms with Gasteiger partial charge in [-0.25, -0.2) is 8.42 Å². The van der Waals surface area contributed by atoms with E-state index in [9.17, 15) is 13.2 Å². The second kappa shape index (κ2) is 8.30. The largest absolute Gasteiger partial charge is 0.496 e. The van der Waals surface area contributed by atoms with E-state index in [0.717, 1.165) is 24.8 Å². The molecule has 1 fully saturated rings. The topological polar surface area (TPSA) is 66.9 Å².